The highest BCUT2D eigenvalue weighted by molar-refractivity contribution is 6.39. The summed E-state index contributed by atoms with van der Waals surface area (Å²) in [4.78, 5) is 0. The number of halogens is 3. The van der Waals surface area contributed by atoms with E-state index in [4.69, 9.17) is 36.2 Å². The smallest absolute Gasteiger partial charge is 0.0654 e. The van der Waals surface area contributed by atoms with Crippen molar-refractivity contribution in [1.29, 1.82) is 0 Å². The Kier molecular flexibility index (Phi) is 2.03. The standard InChI is InChI=1S/C7H5Cl3/c1-4-6(9)2-5(8)3-7(4)10/h2-3H,1H3/i2D. The van der Waals surface area contributed by atoms with Crippen LogP contribution in [0.3, 0.4) is 0 Å². The molecular formula is C7H5Cl3. The summed E-state index contributed by atoms with van der Waals surface area (Å²) < 4.78 is 7.36. The third kappa shape index (κ3) is 1.57. The van der Waals surface area contributed by atoms with Gasteiger partial charge in [0.25, 0.3) is 0 Å². The maximum atomic E-state index is 7.36. The zero-order valence-corrected chi connectivity index (χ0v) is 7.48. The van der Waals surface area contributed by atoms with Gasteiger partial charge in [0.05, 0.1) is 1.37 Å². The van der Waals surface area contributed by atoms with Crippen LogP contribution in [0.2, 0.25) is 15.1 Å². The highest BCUT2D eigenvalue weighted by atomic mass is 35.5. The van der Waals surface area contributed by atoms with E-state index in [0.717, 1.165) is 0 Å². The normalized spacial score (nSPS) is 11.4. The highest BCUT2D eigenvalue weighted by Gasteiger charge is 2.00. The van der Waals surface area contributed by atoms with Crippen molar-refractivity contribution in [3.63, 3.8) is 0 Å². The molecule has 0 radical (unpaired) electrons. The molecule has 0 amide bonds. The molecule has 0 aliphatic carbocycles. The third-order valence-corrected chi connectivity index (χ3v) is 2.14. The van der Waals surface area contributed by atoms with Gasteiger partial charge in [-0.3, -0.25) is 0 Å². The zero-order chi connectivity index (χ0) is 8.59. The molecule has 0 spiro atoms. The molecule has 0 bridgehead atoms. The van der Waals surface area contributed by atoms with Crippen LogP contribution in [-0.4, -0.2) is 0 Å². The topological polar surface area (TPSA) is 0 Å². The Morgan fingerprint density at radius 1 is 1.30 bits per heavy atom. The average molecular weight is 196 g/mol. The summed E-state index contributed by atoms with van der Waals surface area (Å²) >= 11 is 17.1. The van der Waals surface area contributed by atoms with Gasteiger partial charge in [-0.1, -0.05) is 34.8 Å². The van der Waals surface area contributed by atoms with E-state index in [1.165, 1.54) is 6.07 Å². The Morgan fingerprint density at radius 3 is 2.50 bits per heavy atom. The fraction of sp³-hybridized carbons (Fsp3) is 0.143. The first-order valence-corrected chi connectivity index (χ1v) is 3.78. The van der Waals surface area contributed by atoms with Crippen molar-refractivity contribution in [2.45, 2.75) is 6.92 Å². The molecule has 0 aromatic heterocycles. The molecule has 0 fully saturated rings. The van der Waals surface area contributed by atoms with Crippen LogP contribution >= 0.6 is 34.8 Å². The molecule has 10 heavy (non-hydrogen) atoms. The van der Waals surface area contributed by atoms with Crippen molar-refractivity contribution in [2.24, 2.45) is 0 Å². The SMILES string of the molecule is [2H]c1c(Cl)cc(Cl)c(C)c1Cl. The maximum Gasteiger partial charge on any atom is 0.0654 e. The monoisotopic (exact) mass is 195 g/mol. The quantitative estimate of drug-likeness (QED) is 0.589. The first-order valence-electron chi connectivity index (χ1n) is 3.14. The van der Waals surface area contributed by atoms with Gasteiger partial charge in [0.2, 0.25) is 0 Å². The Hall–Kier alpha value is 0.0900. The van der Waals surface area contributed by atoms with E-state index >= 15 is 0 Å². The lowest BCUT2D eigenvalue weighted by Gasteiger charge is -1.99. The molecule has 0 N–H and O–H groups in total. The minimum atomic E-state index is 0.134. The Balaban J connectivity index is 3.46. The lowest BCUT2D eigenvalue weighted by molar-refractivity contribution is 1.47. The number of hydrogen-bond acceptors (Lipinski definition) is 0. The van der Waals surface area contributed by atoms with E-state index in [2.05, 4.69) is 0 Å². The molecule has 54 valence electrons. The lowest BCUT2D eigenvalue weighted by atomic mass is 10.2. The molecule has 0 heterocycles. The van der Waals surface area contributed by atoms with Crippen molar-refractivity contribution < 1.29 is 1.37 Å². The van der Waals surface area contributed by atoms with Gasteiger partial charge in [-0.25, -0.2) is 0 Å². The molecule has 0 saturated heterocycles. The second-order valence-electron chi connectivity index (χ2n) is 1.90. The second kappa shape index (κ2) is 3.00. The van der Waals surface area contributed by atoms with Crippen LogP contribution in [0.4, 0.5) is 0 Å². The predicted octanol–water partition coefficient (Wildman–Crippen LogP) is 3.96. The van der Waals surface area contributed by atoms with Crippen molar-refractivity contribution in [3.8, 4) is 0 Å². The van der Waals surface area contributed by atoms with E-state index in [-0.39, 0.29) is 11.1 Å². The van der Waals surface area contributed by atoms with Crippen LogP contribution in [0.1, 0.15) is 6.93 Å². The summed E-state index contributed by atoms with van der Waals surface area (Å²) in [7, 11) is 0. The highest BCUT2D eigenvalue weighted by Crippen LogP contribution is 2.27. The largest absolute Gasteiger partial charge is 0.0842 e. The Morgan fingerprint density at radius 2 is 1.90 bits per heavy atom. The van der Waals surface area contributed by atoms with Crippen molar-refractivity contribution in [3.05, 3.63) is 32.7 Å². The summed E-state index contributed by atoms with van der Waals surface area (Å²) in [6.45, 7) is 1.75. The molecule has 0 unspecified atom stereocenters. The third-order valence-electron chi connectivity index (χ3n) is 1.17. The van der Waals surface area contributed by atoms with Gasteiger partial charge < -0.3 is 0 Å². The van der Waals surface area contributed by atoms with Gasteiger partial charge in [0, 0.05) is 15.1 Å². The van der Waals surface area contributed by atoms with Crippen LogP contribution in [0.25, 0.3) is 0 Å². The molecule has 1 rings (SSSR count). The van der Waals surface area contributed by atoms with Crippen LogP contribution in [0.5, 0.6) is 0 Å². The van der Waals surface area contributed by atoms with Crippen LogP contribution in [-0.2, 0) is 0 Å². The number of benzene rings is 1. The molecule has 1 aromatic rings. The molecule has 0 saturated carbocycles. The van der Waals surface area contributed by atoms with E-state index in [0.29, 0.717) is 15.6 Å². The fourth-order valence-electron chi connectivity index (χ4n) is 0.559. The molecule has 0 atom stereocenters. The maximum absolute atomic E-state index is 7.36. The summed E-state index contributed by atoms with van der Waals surface area (Å²) in [5.74, 6) is 0. The van der Waals surface area contributed by atoms with Gasteiger partial charge in [0.15, 0.2) is 0 Å². The zero-order valence-electron chi connectivity index (χ0n) is 6.21. The van der Waals surface area contributed by atoms with Crippen LogP contribution in [0.15, 0.2) is 12.1 Å². The van der Waals surface area contributed by atoms with Crippen molar-refractivity contribution in [2.75, 3.05) is 0 Å². The first-order chi connectivity index (χ1) is 5.04. The molecule has 3 heteroatoms. The van der Waals surface area contributed by atoms with Crippen molar-refractivity contribution >= 4 is 34.8 Å². The van der Waals surface area contributed by atoms with Crippen molar-refractivity contribution in [1.82, 2.24) is 0 Å². The fourth-order valence-corrected chi connectivity index (χ4v) is 1.32. The molecule has 1 aromatic carbocycles. The summed E-state index contributed by atoms with van der Waals surface area (Å²) in [5.41, 5.74) is 0.697. The summed E-state index contributed by atoms with van der Waals surface area (Å²) in [6, 6.07) is 1.65. The van der Waals surface area contributed by atoms with E-state index in [9.17, 15) is 0 Å². The molecular weight excluding hydrogens is 190 g/mol. The van der Waals surface area contributed by atoms with Gasteiger partial charge in [-0.2, -0.15) is 0 Å². The molecule has 0 nitrogen and oxygen atoms in total. The number of rotatable bonds is 0. The minimum absolute atomic E-state index is 0.134. The summed E-state index contributed by atoms with van der Waals surface area (Å²) in [5, 5.41) is 1.10. The predicted molar refractivity (Wildman–Crippen MR) is 46.2 cm³/mol. The van der Waals surface area contributed by atoms with Gasteiger partial charge >= 0.3 is 0 Å². The second-order valence-corrected chi connectivity index (χ2v) is 3.10. The van der Waals surface area contributed by atoms with Gasteiger partial charge in [0.1, 0.15) is 0 Å². The van der Waals surface area contributed by atoms with Gasteiger partial charge in [-0.15, -0.1) is 0 Å². The van der Waals surface area contributed by atoms with Gasteiger partial charge in [-0.05, 0) is 24.6 Å². The average Bonchev–Trinajstić information content (AvgIpc) is 1.97. The Labute approximate surface area is 76.1 Å². The first kappa shape index (κ1) is 6.78. The van der Waals surface area contributed by atoms with E-state index < -0.39 is 0 Å². The van der Waals surface area contributed by atoms with Crippen LogP contribution in [0, 0.1) is 6.92 Å². The Bertz CT molecular complexity index is 270. The molecule has 0 aliphatic rings. The lowest BCUT2D eigenvalue weighted by Crippen LogP contribution is -1.76. The molecule has 0 aliphatic heterocycles. The van der Waals surface area contributed by atoms with E-state index in [1.807, 2.05) is 0 Å². The summed E-state index contributed by atoms with van der Waals surface area (Å²) in [6.07, 6.45) is 0. The van der Waals surface area contributed by atoms with E-state index in [1.54, 1.807) is 6.92 Å². The number of hydrogen-bond donors (Lipinski definition) is 0. The van der Waals surface area contributed by atoms with Crippen LogP contribution < -0.4 is 0 Å². The minimum Gasteiger partial charge on any atom is -0.0842 e.